The van der Waals surface area contributed by atoms with Gasteiger partial charge in [0.05, 0.1) is 5.56 Å². The van der Waals surface area contributed by atoms with Crippen LogP contribution in [0.5, 0.6) is 0 Å². The number of carboxylic acid groups (broad SMARTS) is 1. The first-order valence-electron chi connectivity index (χ1n) is 5.72. The van der Waals surface area contributed by atoms with Crippen molar-refractivity contribution < 1.29 is 14.7 Å². The lowest BCUT2D eigenvalue weighted by molar-refractivity contribution is 0.0690. The highest BCUT2D eigenvalue weighted by Gasteiger charge is 2.15. The lowest BCUT2D eigenvalue weighted by Gasteiger charge is -2.17. The van der Waals surface area contributed by atoms with E-state index >= 15 is 0 Å². The summed E-state index contributed by atoms with van der Waals surface area (Å²) in [6.07, 6.45) is 1.26. The monoisotopic (exact) mass is 334 g/mol. The van der Waals surface area contributed by atoms with Gasteiger partial charge >= 0.3 is 5.97 Å². The maximum atomic E-state index is 12.3. The van der Waals surface area contributed by atoms with E-state index in [-0.39, 0.29) is 11.6 Å². The highest BCUT2D eigenvalue weighted by Crippen LogP contribution is 2.20. The third-order valence-corrected chi connectivity index (χ3v) is 3.22. The van der Waals surface area contributed by atoms with E-state index in [9.17, 15) is 9.59 Å². The van der Waals surface area contributed by atoms with E-state index in [4.69, 9.17) is 5.11 Å². The molecule has 0 aliphatic rings. The molecule has 1 N–H and O–H groups in total. The van der Waals surface area contributed by atoms with Crippen LogP contribution in [0, 0.1) is 0 Å². The summed E-state index contributed by atoms with van der Waals surface area (Å²) in [5.41, 5.74) is 0.968. The number of benzene rings is 1. The predicted octanol–water partition coefficient (Wildman–Crippen LogP) is 2.82. The summed E-state index contributed by atoms with van der Waals surface area (Å²) in [5.74, 6) is -1.38. The maximum Gasteiger partial charge on any atom is 0.354 e. The van der Waals surface area contributed by atoms with Crippen molar-refractivity contribution in [1.29, 1.82) is 0 Å². The number of carboxylic acids is 1. The summed E-state index contributed by atoms with van der Waals surface area (Å²) < 4.78 is 0.869. The van der Waals surface area contributed by atoms with Crippen LogP contribution < -0.4 is 4.90 Å². The van der Waals surface area contributed by atoms with Gasteiger partial charge in [0.2, 0.25) is 0 Å². The summed E-state index contributed by atoms with van der Waals surface area (Å²) in [7, 11) is 1.65. The number of halogens is 1. The Hall–Kier alpha value is -2.21. The zero-order chi connectivity index (χ0) is 14.7. The molecule has 20 heavy (non-hydrogen) atoms. The first-order valence-corrected chi connectivity index (χ1v) is 6.51. The van der Waals surface area contributed by atoms with Crippen LogP contribution in [0.4, 0.5) is 5.69 Å². The maximum absolute atomic E-state index is 12.3. The molecule has 0 saturated heterocycles. The van der Waals surface area contributed by atoms with Crippen molar-refractivity contribution in [1.82, 2.24) is 4.98 Å². The first-order chi connectivity index (χ1) is 9.49. The lowest BCUT2D eigenvalue weighted by Crippen LogP contribution is -2.26. The minimum absolute atomic E-state index is 0.0911. The molecule has 1 heterocycles. The first kappa shape index (κ1) is 14.2. The fraction of sp³-hybridized carbons (Fsp3) is 0.0714. The average Bonchev–Trinajstić information content (AvgIpc) is 2.46. The van der Waals surface area contributed by atoms with Crippen LogP contribution in [0.1, 0.15) is 20.8 Å². The second-order valence-corrected chi connectivity index (χ2v) is 5.00. The zero-order valence-electron chi connectivity index (χ0n) is 10.6. The molecule has 0 atom stereocenters. The minimum Gasteiger partial charge on any atom is -0.477 e. The van der Waals surface area contributed by atoms with E-state index in [1.807, 2.05) is 24.3 Å². The number of carbonyl (C=O) groups is 2. The predicted molar refractivity (Wildman–Crippen MR) is 78.1 cm³/mol. The molecule has 0 fully saturated rings. The molecular weight excluding hydrogens is 324 g/mol. The van der Waals surface area contributed by atoms with Crippen molar-refractivity contribution in [2.75, 3.05) is 11.9 Å². The molecule has 0 unspecified atom stereocenters. The molecule has 2 rings (SSSR count). The second-order valence-electron chi connectivity index (χ2n) is 4.08. The summed E-state index contributed by atoms with van der Waals surface area (Å²) in [6, 6.07) is 10.1. The summed E-state index contributed by atoms with van der Waals surface area (Å²) in [5, 5.41) is 8.77. The fourth-order valence-electron chi connectivity index (χ4n) is 1.64. The van der Waals surface area contributed by atoms with Crippen LogP contribution in [0.3, 0.4) is 0 Å². The van der Waals surface area contributed by atoms with Crippen LogP contribution in [0.2, 0.25) is 0 Å². The number of aromatic carboxylic acids is 1. The van der Waals surface area contributed by atoms with Crippen LogP contribution in [0.25, 0.3) is 0 Å². The largest absolute Gasteiger partial charge is 0.477 e. The van der Waals surface area contributed by atoms with Gasteiger partial charge < -0.3 is 10.0 Å². The van der Waals surface area contributed by atoms with Crippen molar-refractivity contribution in [2.45, 2.75) is 0 Å². The molecule has 102 valence electrons. The molecule has 1 aromatic heterocycles. The molecule has 0 aliphatic carbocycles. The quantitative estimate of drug-likeness (QED) is 0.936. The number of nitrogens with zero attached hydrogens (tertiary/aromatic N) is 2. The van der Waals surface area contributed by atoms with Gasteiger partial charge in [0.25, 0.3) is 5.91 Å². The number of carbonyl (C=O) groups excluding carboxylic acids is 1. The number of hydrogen-bond acceptors (Lipinski definition) is 3. The van der Waals surface area contributed by atoms with Crippen molar-refractivity contribution in [2.24, 2.45) is 0 Å². The van der Waals surface area contributed by atoms with Crippen molar-refractivity contribution >= 4 is 33.5 Å². The number of aromatic nitrogens is 1. The Morgan fingerprint density at radius 2 is 2.00 bits per heavy atom. The Morgan fingerprint density at radius 1 is 1.25 bits per heavy atom. The van der Waals surface area contributed by atoms with Gasteiger partial charge in [0, 0.05) is 23.4 Å². The molecular formula is C14H11BrN2O3. The van der Waals surface area contributed by atoms with E-state index in [1.165, 1.54) is 23.2 Å². The zero-order valence-corrected chi connectivity index (χ0v) is 12.2. The number of rotatable bonds is 3. The van der Waals surface area contributed by atoms with Crippen LogP contribution in [-0.2, 0) is 0 Å². The number of anilines is 1. The Bertz CT molecular complexity index is 656. The standard InChI is InChI=1S/C14H11BrN2O3/c1-17(11-4-2-3-10(15)7-11)13(18)9-5-6-12(14(19)20)16-8-9/h2-8H,1H3,(H,19,20). The van der Waals surface area contributed by atoms with E-state index in [0.717, 1.165) is 10.2 Å². The van der Waals surface area contributed by atoms with E-state index in [0.29, 0.717) is 5.56 Å². The molecule has 1 amide bonds. The van der Waals surface area contributed by atoms with Crippen molar-refractivity contribution in [3.63, 3.8) is 0 Å². The molecule has 0 aliphatic heterocycles. The SMILES string of the molecule is CN(C(=O)c1ccc(C(=O)O)nc1)c1cccc(Br)c1. The Kier molecular flexibility index (Phi) is 4.14. The van der Waals surface area contributed by atoms with Gasteiger partial charge in [-0.1, -0.05) is 22.0 Å². The highest BCUT2D eigenvalue weighted by atomic mass is 79.9. The molecule has 2 aromatic rings. The van der Waals surface area contributed by atoms with Crippen molar-refractivity contribution in [3.05, 3.63) is 58.3 Å². The fourth-order valence-corrected chi connectivity index (χ4v) is 2.03. The summed E-state index contributed by atoms with van der Waals surface area (Å²) in [4.78, 5) is 28.2. The number of amides is 1. The smallest absolute Gasteiger partial charge is 0.354 e. The van der Waals surface area contributed by atoms with Gasteiger partial charge in [-0.25, -0.2) is 9.78 Å². The normalized spacial score (nSPS) is 10.1. The van der Waals surface area contributed by atoms with Crippen LogP contribution >= 0.6 is 15.9 Å². The molecule has 1 aromatic carbocycles. The third kappa shape index (κ3) is 3.03. The van der Waals surface area contributed by atoms with Crippen LogP contribution in [-0.4, -0.2) is 29.0 Å². The summed E-state index contributed by atoms with van der Waals surface area (Å²) >= 11 is 3.35. The lowest BCUT2D eigenvalue weighted by atomic mass is 10.2. The number of pyridine rings is 1. The van der Waals surface area contributed by atoms with Crippen LogP contribution in [0.15, 0.2) is 47.1 Å². The Labute approximate surface area is 124 Å². The molecule has 0 bridgehead atoms. The van der Waals surface area contributed by atoms with Gasteiger partial charge in [0.15, 0.2) is 0 Å². The second kappa shape index (κ2) is 5.83. The van der Waals surface area contributed by atoms with Crippen molar-refractivity contribution in [3.8, 4) is 0 Å². The molecule has 6 heteroatoms. The number of hydrogen-bond donors (Lipinski definition) is 1. The molecule has 5 nitrogen and oxygen atoms in total. The van der Waals surface area contributed by atoms with Gasteiger partial charge in [-0.3, -0.25) is 4.79 Å². The Balaban J connectivity index is 2.24. The van der Waals surface area contributed by atoms with E-state index in [1.54, 1.807) is 7.05 Å². The topological polar surface area (TPSA) is 70.5 Å². The third-order valence-electron chi connectivity index (χ3n) is 2.73. The average molecular weight is 335 g/mol. The van der Waals surface area contributed by atoms with Gasteiger partial charge in [-0.2, -0.15) is 0 Å². The highest BCUT2D eigenvalue weighted by molar-refractivity contribution is 9.10. The molecule has 0 radical (unpaired) electrons. The van der Waals surface area contributed by atoms with Gasteiger partial charge in [0.1, 0.15) is 5.69 Å². The summed E-state index contributed by atoms with van der Waals surface area (Å²) in [6.45, 7) is 0. The Morgan fingerprint density at radius 3 is 2.55 bits per heavy atom. The van der Waals surface area contributed by atoms with E-state index in [2.05, 4.69) is 20.9 Å². The molecule has 0 saturated carbocycles. The minimum atomic E-state index is -1.12. The molecule has 0 spiro atoms. The van der Waals surface area contributed by atoms with E-state index < -0.39 is 5.97 Å². The van der Waals surface area contributed by atoms with Gasteiger partial charge in [-0.15, -0.1) is 0 Å². The van der Waals surface area contributed by atoms with Gasteiger partial charge in [-0.05, 0) is 30.3 Å².